The van der Waals surface area contributed by atoms with Crippen molar-refractivity contribution in [3.63, 3.8) is 0 Å². The Morgan fingerprint density at radius 3 is 2.65 bits per heavy atom. The van der Waals surface area contributed by atoms with Crippen molar-refractivity contribution >= 4 is 10.0 Å². The summed E-state index contributed by atoms with van der Waals surface area (Å²) >= 11 is 0. The molecule has 1 aliphatic rings. The predicted molar refractivity (Wildman–Crippen MR) is 78.9 cm³/mol. The molecule has 0 aliphatic heterocycles. The number of aliphatic hydroxyl groups is 1. The molecule has 112 valence electrons. The van der Waals surface area contributed by atoms with Gasteiger partial charge in [0, 0.05) is 6.04 Å². The van der Waals surface area contributed by atoms with E-state index in [1.165, 1.54) is 0 Å². The molecule has 2 atom stereocenters. The van der Waals surface area contributed by atoms with Crippen molar-refractivity contribution in [2.24, 2.45) is 5.92 Å². The molecule has 1 saturated carbocycles. The smallest absolute Gasteiger partial charge is 0.241 e. The molecule has 1 aromatic carbocycles. The van der Waals surface area contributed by atoms with Gasteiger partial charge in [-0.3, -0.25) is 0 Å². The summed E-state index contributed by atoms with van der Waals surface area (Å²) in [6.07, 6.45) is 3.71. The molecule has 1 aromatic rings. The van der Waals surface area contributed by atoms with Gasteiger partial charge in [0.15, 0.2) is 0 Å². The number of sulfonamides is 1. The van der Waals surface area contributed by atoms with Crippen molar-refractivity contribution < 1.29 is 13.5 Å². The van der Waals surface area contributed by atoms with Gasteiger partial charge >= 0.3 is 0 Å². The SMILES string of the molecule is CCc1ccc(CO)cc1S(=O)(=O)NC1CCCC1C. The third kappa shape index (κ3) is 3.22. The summed E-state index contributed by atoms with van der Waals surface area (Å²) in [5.74, 6) is 0.385. The van der Waals surface area contributed by atoms with Gasteiger partial charge in [-0.15, -0.1) is 0 Å². The summed E-state index contributed by atoms with van der Waals surface area (Å²) in [5.41, 5.74) is 1.42. The highest BCUT2D eigenvalue weighted by molar-refractivity contribution is 7.89. The van der Waals surface area contributed by atoms with Gasteiger partial charge in [0.05, 0.1) is 11.5 Å². The minimum Gasteiger partial charge on any atom is -0.392 e. The van der Waals surface area contributed by atoms with Crippen LogP contribution >= 0.6 is 0 Å². The number of nitrogens with one attached hydrogen (secondary N) is 1. The lowest BCUT2D eigenvalue weighted by molar-refractivity contribution is 0.281. The number of benzene rings is 1. The summed E-state index contributed by atoms with van der Waals surface area (Å²) in [5, 5.41) is 9.20. The van der Waals surface area contributed by atoms with Crippen molar-refractivity contribution in [2.75, 3.05) is 0 Å². The molecule has 0 amide bonds. The topological polar surface area (TPSA) is 66.4 Å². The number of aliphatic hydroxyl groups excluding tert-OH is 1. The van der Waals surface area contributed by atoms with E-state index in [9.17, 15) is 13.5 Å². The van der Waals surface area contributed by atoms with Crippen LogP contribution < -0.4 is 4.72 Å². The Morgan fingerprint density at radius 1 is 1.35 bits per heavy atom. The minimum absolute atomic E-state index is 0.0301. The van der Waals surface area contributed by atoms with E-state index >= 15 is 0 Å². The number of hydrogen-bond donors (Lipinski definition) is 2. The molecule has 2 N–H and O–H groups in total. The van der Waals surface area contributed by atoms with E-state index in [2.05, 4.69) is 11.6 Å². The second-order valence-electron chi connectivity index (χ2n) is 5.59. The summed E-state index contributed by atoms with van der Waals surface area (Å²) in [4.78, 5) is 0.311. The molecule has 0 spiro atoms. The largest absolute Gasteiger partial charge is 0.392 e. The average Bonchev–Trinajstić information content (AvgIpc) is 2.83. The van der Waals surface area contributed by atoms with E-state index in [0.717, 1.165) is 24.8 Å². The Kier molecular flexibility index (Phi) is 4.83. The Bertz CT molecular complexity index is 568. The fourth-order valence-corrected chi connectivity index (χ4v) is 4.56. The van der Waals surface area contributed by atoms with Crippen molar-refractivity contribution in [3.05, 3.63) is 29.3 Å². The molecule has 0 radical (unpaired) electrons. The maximum atomic E-state index is 12.6. The summed E-state index contributed by atoms with van der Waals surface area (Å²) in [6.45, 7) is 3.88. The van der Waals surface area contributed by atoms with E-state index in [-0.39, 0.29) is 12.6 Å². The van der Waals surface area contributed by atoms with Crippen molar-refractivity contribution in [1.82, 2.24) is 4.72 Å². The van der Waals surface area contributed by atoms with Crippen molar-refractivity contribution in [1.29, 1.82) is 0 Å². The van der Waals surface area contributed by atoms with Crippen LogP contribution in [0, 0.1) is 5.92 Å². The third-order valence-electron chi connectivity index (χ3n) is 4.15. The van der Waals surface area contributed by atoms with Gasteiger partial charge in [-0.05, 0) is 42.4 Å². The Hall–Kier alpha value is -0.910. The lowest BCUT2D eigenvalue weighted by atomic mass is 10.1. The summed E-state index contributed by atoms with van der Waals surface area (Å²) in [7, 11) is -3.51. The fraction of sp³-hybridized carbons (Fsp3) is 0.600. The van der Waals surface area contributed by atoms with Crippen LogP contribution in [0.25, 0.3) is 0 Å². The van der Waals surface area contributed by atoms with Crippen molar-refractivity contribution in [3.8, 4) is 0 Å². The Morgan fingerprint density at radius 2 is 2.10 bits per heavy atom. The zero-order valence-electron chi connectivity index (χ0n) is 12.1. The zero-order valence-corrected chi connectivity index (χ0v) is 12.9. The van der Waals surface area contributed by atoms with Gasteiger partial charge in [0.1, 0.15) is 0 Å². The molecule has 0 heterocycles. The van der Waals surface area contributed by atoms with Crippen LogP contribution in [0.4, 0.5) is 0 Å². The lowest BCUT2D eigenvalue weighted by Crippen LogP contribution is -2.36. The van der Waals surface area contributed by atoms with E-state index in [1.807, 2.05) is 6.92 Å². The first-order valence-corrected chi connectivity index (χ1v) is 8.71. The van der Waals surface area contributed by atoms with Crippen LogP contribution in [0.1, 0.15) is 44.2 Å². The maximum Gasteiger partial charge on any atom is 0.241 e. The first-order chi connectivity index (χ1) is 9.47. The van der Waals surface area contributed by atoms with Gasteiger partial charge in [-0.25, -0.2) is 13.1 Å². The van der Waals surface area contributed by atoms with E-state index in [0.29, 0.717) is 22.8 Å². The van der Waals surface area contributed by atoms with Gasteiger partial charge in [-0.2, -0.15) is 0 Å². The second kappa shape index (κ2) is 6.24. The van der Waals surface area contributed by atoms with Gasteiger partial charge < -0.3 is 5.11 Å². The van der Waals surface area contributed by atoms with E-state index in [1.54, 1.807) is 18.2 Å². The van der Waals surface area contributed by atoms with E-state index in [4.69, 9.17) is 0 Å². The number of rotatable bonds is 5. The van der Waals surface area contributed by atoms with E-state index < -0.39 is 10.0 Å². The molecule has 5 heteroatoms. The molecule has 20 heavy (non-hydrogen) atoms. The quantitative estimate of drug-likeness (QED) is 0.875. The minimum atomic E-state index is -3.51. The predicted octanol–water partition coefficient (Wildman–Crippen LogP) is 2.21. The Labute approximate surface area is 121 Å². The van der Waals surface area contributed by atoms with Gasteiger partial charge in [-0.1, -0.05) is 32.4 Å². The molecule has 4 nitrogen and oxygen atoms in total. The zero-order chi connectivity index (χ0) is 14.8. The van der Waals surface area contributed by atoms with Crippen LogP contribution in [0.15, 0.2) is 23.1 Å². The molecule has 0 bridgehead atoms. The summed E-state index contributed by atoms with van der Waals surface area (Å²) < 4.78 is 28.0. The molecule has 0 aromatic heterocycles. The van der Waals surface area contributed by atoms with Crippen molar-refractivity contribution in [2.45, 2.75) is 57.1 Å². The maximum absolute atomic E-state index is 12.6. The molecule has 1 fully saturated rings. The van der Waals surface area contributed by atoms with Crippen LogP contribution in [-0.4, -0.2) is 19.6 Å². The highest BCUT2D eigenvalue weighted by atomic mass is 32.2. The van der Waals surface area contributed by atoms with Gasteiger partial charge in [0.2, 0.25) is 10.0 Å². The standard InChI is InChI=1S/C15H23NO3S/c1-3-13-8-7-12(10-17)9-15(13)20(18,19)16-14-6-4-5-11(14)2/h7-9,11,14,16-17H,3-6,10H2,1-2H3. The third-order valence-corrected chi connectivity index (χ3v) is 5.72. The second-order valence-corrected chi connectivity index (χ2v) is 7.27. The molecule has 0 saturated heterocycles. The first-order valence-electron chi connectivity index (χ1n) is 7.23. The van der Waals surface area contributed by atoms with Crippen LogP contribution in [-0.2, 0) is 23.1 Å². The van der Waals surface area contributed by atoms with Crippen LogP contribution in [0.5, 0.6) is 0 Å². The molecule has 2 unspecified atom stereocenters. The molecular weight excluding hydrogens is 274 g/mol. The normalized spacial score (nSPS) is 23.1. The molecular formula is C15H23NO3S. The number of hydrogen-bond acceptors (Lipinski definition) is 3. The van der Waals surface area contributed by atoms with Crippen LogP contribution in [0.3, 0.4) is 0 Å². The first kappa shape index (κ1) is 15.5. The highest BCUT2D eigenvalue weighted by Crippen LogP contribution is 2.27. The molecule has 2 rings (SSSR count). The lowest BCUT2D eigenvalue weighted by Gasteiger charge is -2.19. The van der Waals surface area contributed by atoms with Gasteiger partial charge in [0.25, 0.3) is 0 Å². The average molecular weight is 297 g/mol. The molecule has 1 aliphatic carbocycles. The van der Waals surface area contributed by atoms with Crippen LogP contribution in [0.2, 0.25) is 0 Å². The Balaban J connectivity index is 2.32. The highest BCUT2D eigenvalue weighted by Gasteiger charge is 2.29. The summed E-state index contributed by atoms with van der Waals surface area (Å²) in [6, 6.07) is 5.18. The fourth-order valence-electron chi connectivity index (χ4n) is 2.82. The monoisotopic (exact) mass is 297 g/mol. The number of aryl methyl sites for hydroxylation is 1.